The summed E-state index contributed by atoms with van der Waals surface area (Å²) in [6, 6.07) is 20.2. The van der Waals surface area contributed by atoms with Crippen molar-refractivity contribution in [2.24, 2.45) is 0 Å². The van der Waals surface area contributed by atoms with E-state index in [1.165, 1.54) is 12.0 Å². The Morgan fingerprint density at radius 1 is 0.952 bits per heavy atom. The van der Waals surface area contributed by atoms with Crippen LogP contribution >= 0.6 is 0 Å². The molecule has 2 aromatic rings. The van der Waals surface area contributed by atoms with Gasteiger partial charge in [-0.2, -0.15) is 0 Å². The summed E-state index contributed by atoms with van der Waals surface area (Å²) in [5, 5.41) is 12.5. The van der Waals surface area contributed by atoms with Crippen molar-refractivity contribution < 1.29 is 9.47 Å². The molecule has 2 unspecified atom stereocenters. The molecule has 2 aromatic carbocycles. The van der Waals surface area contributed by atoms with Gasteiger partial charge in [0.25, 0.3) is 0 Å². The van der Waals surface area contributed by atoms with Crippen LogP contribution in [0.25, 0.3) is 0 Å². The molecule has 110 valence electrons. The van der Waals surface area contributed by atoms with Crippen LogP contribution in [0.15, 0.2) is 60.7 Å². The molecule has 0 amide bonds. The minimum atomic E-state index is -0.694. The van der Waals surface area contributed by atoms with E-state index in [9.17, 15) is 5.11 Å². The maximum Gasteiger partial charge on any atom is 0.182 e. The summed E-state index contributed by atoms with van der Waals surface area (Å²) in [5.41, 5.74) is 2.19. The number of hydrogen-bond acceptors (Lipinski definition) is 1. The molecule has 0 saturated carbocycles. The van der Waals surface area contributed by atoms with Crippen LogP contribution < -0.4 is 5.11 Å². The van der Waals surface area contributed by atoms with Crippen molar-refractivity contribution in [1.29, 1.82) is 0 Å². The smallest absolute Gasteiger partial charge is 0.182 e. The predicted octanol–water partition coefficient (Wildman–Crippen LogP) is 3.57. The van der Waals surface area contributed by atoms with E-state index in [4.69, 9.17) is 0 Å². The second-order valence-corrected chi connectivity index (χ2v) is 5.70. The van der Waals surface area contributed by atoms with Gasteiger partial charge in [0, 0.05) is 18.4 Å². The first-order valence-electron chi connectivity index (χ1n) is 7.76. The third-order valence-electron chi connectivity index (χ3n) is 4.23. The van der Waals surface area contributed by atoms with Crippen LogP contribution in [-0.2, 0) is 4.37 Å². The highest BCUT2D eigenvalue weighted by Gasteiger charge is 2.29. The molecule has 2 atom stereocenters. The Morgan fingerprint density at radius 3 is 2.33 bits per heavy atom. The molecular weight excluding hydrogens is 260 g/mol. The van der Waals surface area contributed by atoms with Gasteiger partial charge in [-0.3, -0.25) is 0 Å². The number of benzene rings is 2. The van der Waals surface area contributed by atoms with Crippen molar-refractivity contribution in [2.45, 2.75) is 31.5 Å². The normalized spacial score (nSPS) is 21.1. The maximum absolute atomic E-state index is 12.5. The Hall–Kier alpha value is -1.64. The zero-order valence-corrected chi connectivity index (χ0v) is 12.3. The van der Waals surface area contributed by atoms with Crippen molar-refractivity contribution in [3.8, 4) is 0 Å². The van der Waals surface area contributed by atoms with Crippen molar-refractivity contribution >= 4 is 0 Å². The van der Waals surface area contributed by atoms with E-state index in [0.717, 1.165) is 25.0 Å². The minimum absolute atomic E-state index is 0.320. The zero-order valence-electron chi connectivity index (χ0n) is 12.3. The molecule has 2 heteroatoms. The Balaban J connectivity index is 1.73. The largest absolute Gasteiger partial charge is 0.843 e. The van der Waals surface area contributed by atoms with Gasteiger partial charge in [0.15, 0.2) is 6.10 Å². The molecule has 21 heavy (non-hydrogen) atoms. The van der Waals surface area contributed by atoms with E-state index < -0.39 is 6.10 Å². The standard InChI is InChI=1S/C19H22O2/c20-18(16-9-3-1-4-10-16)15-21-14-8-7-13-19(21)17-11-5-2-6-12-17/h1-6,9-12,18-19H,7-8,13-15H2. The predicted molar refractivity (Wildman–Crippen MR) is 83.0 cm³/mol. The van der Waals surface area contributed by atoms with E-state index in [-0.39, 0.29) is 0 Å². The first kappa shape index (κ1) is 14.3. The highest BCUT2D eigenvalue weighted by molar-refractivity contribution is 5.19. The Labute approximate surface area is 126 Å². The molecule has 0 bridgehead atoms. The third kappa shape index (κ3) is 3.52. The van der Waals surface area contributed by atoms with Crippen LogP contribution in [0.3, 0.4) is 0 Å². The Bertz CT molecular complexity index is 538. The molecule has 0 spiro atoms. The molecule has 2 nitrogen and oxygen atoms in total. The average Bonchev–Trinajstić information content (AvgIpc) is 2.57. The maximum atomic E-state index is 12.5. The lowest BCUT2D eigenvalue weighted by Crippen LogP contribution is -2.33. The summed E-state index contributed by atoms with van der Waals surface area (Å²) in [6.45, 7) is 1.47. The quantitative estimate of drug-likeness (QED) is 0.787. The fraction of sp³-hybridized carbons (Fsp3) is 0.368. The van der Waals surface area contributed by atoms with Crippen LogP contribution in [-0.4, -0.2) is 13.2 Å². The Morgan fingerprint density at radius 2 is 1.62 bits per heavy atom. The zero-order chi connectivity index (χ0) is 14.5. The molecule has 1 aliphatic rings. The molecule has 3 rings (SSSR count). The van der Waals surface area contributed by atoms with Gasteiger partial charge in [-0.1, -0.05) is 66.2 Å². The van der Waals surface area contributed by atoms with Crippen molar-refractivity contribution in [2.75, 3.05) is 13.2 Å². The molecule has 1 saturated heterocycles. The molecule has 0 aliphatic carbocycles. The molecule has 1 fully saturated rings. The number of rotatable bonds is 4. The molecule has 0 N–H and O–H groups in total. The SMILES string of the molecule is [O-]C(C[O+]1CCCCC1c1ccccc1)c1ccccc1. The molecule has 1 heterocycles. The van der Waals surface area contributed by atoms with Crippen LogP contribution in [0.5, 0.6) is 0 Å². The topological polar surface area (TPSA) is 25.8 Å². The second-order valence-electron chi connectivity index (χ2n) is 5.70. The molecule has 0 radical (unpaired) electrons. The summed E-state index contributed by atoms with van der Waals surface area (Å²) in [5.74, 6) is 0. The van der Waals surface area contributed by atoms with E-state index in [2.05, 4.69) is 28.6 Å². The first-order valence-corrected chi connectivity index (χ1v) is 7.76. The molecule has 0 aromatic heterocycles. The van der Waals surface area contributed by atoms with Gasteiger partial charge < -0.3 is 9.47 Å². The summed E-state index contributed by atoms with van der Waals surface area (Å²) < 4.78 is 3.30. The van der Waals surface area contributed by atoms with Gasteiger partial charge in [-0.25, -0.2) is 0 Å². The van der Waals surface area contributed by atoms with E-state index >= 15 is 0 Å². The third-order valence-corrected chi connectivity index (χ3v) is 4.23. The second kappa shape index (κ2) is 6.88. The van der Waals surface area contributed by atoms with Crippen LogP contribution in [0.1, 0.15) is 42.6 Å². The van der Waals surface area contributed by atoms with Crippen LogP contribution in [0, 0.1) is 0 Å². The van der Waals surface area contributed by atoms with Gasteiger partial charge in [-0.05, 0) is 12.5 Å². The monoisotopic (exact) mass is 282 g/mol. The van der Waals surface area contributed by atoms with E-state index in [0.29, 0.717) is 12.7 Å². The van der Waals surface area contributed by atoms with Gasteiger partial charge in [0.05, 0.1) is 0 Å². The minimum Gasteiger partial charge on any atom is -0.843 e. The van der Waals surface area contributed by atoms with Crippen molar-refractivity contribution in [3.05, 3.63) is 71.8 Å². The summed E-state index contributed by atoms with van der Waals surface area (Å²) in [4.78, 5) is 0. The summed E-state index contributed by atoms with van der Waals surface area (Å²) >= 11 is 0. The van der Waals surface area contributed by atoms with Crippen molar-refractivity contribution in [1.82, 2.24) is 0 Å². The fourth-order valence-corrected chi connectivity index (χ4v) is 3.11. The molecule has 1 aliphatic heterocycles. The van der Waals surface area contributed by atoms with E-state index in [1.807, 2.05) is 36.4 Å². The lowest BCUT2D eigenvalue weighted by Gasteiger charge is -2.36. The van der Waals surface area contributed by atoms with E-state index in [1.54, 1.807) is 0 Å². The van der Waals surface area contributed by atoms with Crippen molar-refractivity contribution in [3.63, 3.8) is 0 Å². The first-order chi connectivity index (χ1) is 10.3. The van der Waals surface area contributed by atoms with Crippen LogP contribution in [0.4, 0.5) is 0 Å². The highest BCUT2D eigenvalue weighted by atomic mass is 16.7. The highest BCUT2D eigenvalue weighted by Crippen LogP contribution is 2.35. The van der Waals surface area contributed by atoms with Gasteiger partial charge in [0.1, 0.15) is 13.2 Å². The lowest BCUT2D eigenvalue weighted by molar-refractivity contribution is -0.451. The Kier molecular flexibility index (Phi) is 4.69. The van der Waals surface area contributed by atoms with Gasteiger partial charge in [0.2, 0.25) is 0 Å². The van der Waals surface area contributed by atoms with Crippen LogP contribution in [0.2, 0.25) is 0 Å². The summed E-state index contributed by atoms with van der Waals surface area (Å²) in [7, 11) is 0. The molecular formula is C19H22O2. The lowest BCUT2D eigenvalue weighted by atomic mass is 10.0. The summed E-state index contributed by atoms with van der Waals surface area (Å²) in [6.07, 6.45) is 3.14. The fourth-order valence-electron chi connectivity index (χ4n) is 3.11. The van der Waals surface area contributed by atoms with Gasteiger partial charge >= 0.3 is 0 Å². The number of hydrogen-bond donors (Lipinski definition) is 0. The average molecular weight is 282 g/mol. The van der Waals surface area contributed by atoms with Gasteiger partial charge in [-0.15, -0.1) is 0 Å².